The van der Waals surface area contributed by atoms with E-state index in [0.29, 0.717) is 19.5 Å². The van der Waals surface area contributed by atoms with Gasteiger partial charge in [0.1, 0.15) is 17.6 Å². The number of alkyl halides is 3. The zero-order valence-corrected chi connectivity index (χ0v) is 22.2. The molecule has 0 aliphatic carbocycles. The fourth-order valence-corrected chi connectivity index (χ4v) is 5.15. The Bertz CT molecular complexity index is 1370. The van der Waals surface area contributed by atoms with Crippen molar-refractivity contribution in [2.24, 2.45) is 17.6 Å². The van der Waals surface area contributed by atoms with Gasteiger partial charge in [0.05, 0.1) is 13.0 Å². The lowest BCUT2D eigenvalue weighted by Crippen LogP contribution is -2.47. The Labute approximate surface area is 231 Å². The van der Waals surface area contributed by atoms with Crippen molar-refractivity contribution in [1.29, 1.82) is 0 Å². The predicted octanol–water partition coefficient (Wildman–Crippen LogP) is 3.09. The third kappa shape index (κ3) is 5.68. The molecule has 2 aliphatic rings. The number of carbonyl (C=O) groups excluding carboxylic acids is 3. The number of benzene rings is 1. The lowest BCUT2D eigenvalue weighted by molar-refractivity contribution is -0.272. The van der Waals surface area contributed by atoms with Gasteiger partial charge >= 0.3 is 6.18 Å². The van der Waals surface area contributed by atoms with E-state index in [0.717, 1.165) is 32.2 Å². The van der Waals surface area contributed by atoms with Gasteiger partial charge in [0, 0.05) is 35.7 Å². The van der Waals surface area contributed by atoms with Gasteiger partial charge in [-0.3, -0.25) is 14.4 Å². The molecule has 0 spiro atoms. The first kappa shape index (κ1) is 30.1. The minimum atomic E-state index is -4.95. The van der Waals surface area contributed by atoms with E-state index in [1.165, 1.54) is 13.0 Å². The number of halogens is 5. The van der Waals surface area contributed by atoms with Crippen LogP contribution in [0.2, 0.25) is 0 Å². The van der Waals surface area contributed by atoms with Crippen LogP contribution in [0.5, 0.6) is 5.75 Å². The number of methoxy groups -OCH3 is 1. The largest absolute Gasteiger partial charge is 0.493 e. The summed E-state index contributed by atoms with van der Waals surface area (Å²) in [7, 11) is 1.01. The Morgan fingerprint density at radius 2 is 1.88 bits per heavy atom. The molecule has 2 saturated heterocycles. The highest BCUT2D eigenvalue weighted by atomic mass is 19.4. The molecule has 2 fully saturated rings. The molecule has 2 aromatic rings. The third-order valence-corrected chi connectivity index (χ3v) is 7.60. The van der Waals surface area contributed by atoms with Crippen LogP contribution < -0.4 is 26.4 Å². The summed E-state index contributed by atoms with van der Waals surface area (Å²) in [4.78, 5) is 41.9. The maximum atomic E-state index is 14.6. The first-order valence-corrected chi connectivity index (χ1v) is 12.6. The number of primary amides is 1. The maximum absolute atomic E-state index is 14.6. The van der Waals surface area contributed by atoms with E-state index in [9.17, 15) is 36.3 Å². The predicted molar refractivity (Wildman–Crippen MR) is 135 cm³/mol. The van der Waals surface area contributed by atoms with E-state index < -0.39 is 64.8 Å². The van der Waals surface area contributed by atoms with Gasteiger partial charge in [-0.25, -0.2) is 9.37 Å². The number of ether oxygens (including phenoxy) is 2. The number of hydrogen-bond donors (Lipinski definition) is 4. The molecule has 3 heterocycles. The van der Waals surface area contributed by atoms with Crippen LogP contribution >= 0.6 is 0 Å². The molecule has 10 nitrogen and oxygen atoms in total. The topological polar surface area (TPSA) is 145 Å². The second-order valence-electron chi connectivity index (χ2n) is 10.1. The van der Waals surface area contributed by atoms with Crippen LogP contribution in [-0.2, 0) is 14.3 Å². The SMILES string of the molecule is COc1c([C@H]2[C@H](C(=O)Nc3cc(NC(=O)C4CCNC4)nc(C(N)=O)c3)O[C@@](C)(C(F)(F)F)[C@H]2C)ccc(F)c1F. The molecule has 1 unspecified atom stereocenters. The zero-order valence-electron chi connectivity index (χ0n) is 22.2. The first-order valence-electron chi connectivity index (χ1n) is 12.6. The first-order chi connectivity index (χ1) is 19.2. The summed E-state index contributed by atoms with van der Waals surface area (Å²) in [6.45, 7) is 2.99. The normalized spacial score (nSPS) is 26.0. The average molecular weight is 586 g/mol. The molecule has 4 rings (SSSR count). The fraction of sp³-hybridized carbons (Fsp3) is 0.462. The van der Waals surface area contributed by atoms with Crippen LogP contribution in [0.3, 0.4) is 0 Å². The highest BCUT2D eigenvalue weighted by Crippen LogP contribution is 2.55. The van der Waals surface area contributed by atoms with Crippen molar-refractivity contribution in [2.75, 3.05) is 30.8 Å². The van der Waals surface area contributed by atoms with Crippen molar-refractivity contribution in [3.63, 3.8) is 0 Å². The van der Waals surface area contributed by atoms with Crippen molar-refractivity contribution in [2.45, 2.75) is 44.1 Å². The van der Waals surface area contributed by atoms with Crippen LogP contribution in [0.4, 0.5) is 33.5 Å². The maximum Gasteiger partial charge on any atom is 0.417 e. The lowest BCUT2D eigenvalue weighted by Gasteiger charge is -2.32. The van der Waals surface area contributed by atoms with Gasteiger partial charge in [-0.2, -0.15) is 17.6 Å². The Balaban J connectivity index is 1.71. The molecule has 3 amide bonds. The summed E-state index contributed by atoms with van der Waals surface area (Å²) in [5.74, 6) is -9.31. The molecule has 1 aromatic heterocycles. The summed E-state index contributed by atoms with van der Waals surface area (Å²) in [5, 5.41) is 7.96. The Kier molecular flexibility index (Phi) is 8.23. The number of nitrogens with zero attached hydrogens (tertiary/aromatic N) is 1. The molecule has 41 heavy (non-hydrogen) atoms. The summed E-state index contributed by atoms with van der Waals surface area (Å²) in [6.07, 6.45) is -6.26. The molecular weight excluding hydrogens is 557 g/mol. The number of aromatic nitrogens is 1. The number of amides is 3. The lowest BCUT2D eigenvalue weighted by atomic mass is 9.77. The number of nitrogens with two attached hydrogens (primary N) is 1. The van der Waals surface area contributed by atoms with Gasteiger partial charge < -0.3 is 31.2 Å². The minimum Gasteiger partial charge on any atom is -0.493 e. The van der Waals surface area contributed by atoms with Crippen LogP contribution in [0.25, 0.3) is 0 Å². The van der Waals surface area contributed by atoms with Crippen LogP contribution in [0.15, 0.2) is 24.3 Å². The molecule has 1 aromatic carbocycles. The van der Waals surface area contributed by atoms with Crippen molar-refractivity contribution in [1.82, 2.24) is 10.3 Å². The number of nitrogens with one attached hydrogen (secondary N) is 3. The van der Waals surface area contributed by atoms with Crippen molar-refractivity contribution < 1.29 is 45.8 Å². The monoisotopic (exact) mass is 585 g/mol. The summed E-state index contributed by atoms with van der Waals surface area (Å²) >= 11 is 0. The standard InChI is InChI=1S/C26H28F5N5O5/c1-11-18(14-4-5-15(27)19(28)20(14)40-3)21(41-25(11,2)26(29,30)31)24(39)34-13-8-16(22(32)37)35-17(9-13)36-23(38)12-6-7-33-10-12/h4-5,8-9,11-12,18,21,33H,6-7,10H2,1-3H3,(H2,32,37)(H2,34,35,36,38,39)/t11-,12?,18-,21+,25+/m0/s1. The van der Waals surface area contributed by atoms with Gasteiger partial charge in [-0.05, 0) is 32.0 Å². The van der Waals surface area contributed by atoms with Crippen LogP contribution in [0.1, 0.15) is 42.2 Å². The fourth-order valence-electron chi connectivity index (χ4n) is 5.15. The number of anilines is 2. The molecule has 222 valence electrons. The number of rotatable bonds is 7. The van der Waals surface area contributed by atoms with E-state index in [1.54, 1.807) is 0 Å². The zero-order chi connectivity index (χ0) is 30.3. The van der Waals surface area contributed by atoms with E-state index >= 15 is 0 Å². The van der Waals surface area contributed by atoms with Gasteiger partial charge in [0.25, 0.3) is 11.8 Å². The second-order valence-corrected chi connectivity index (χ2v) is 10.1. The number of hydrogen-bond acceptors (Lipinski definition) is 7. The molecule has 15 heteroatoms. The molecule has 5 N–H and O–H groups in total. The summed E-state index contributed by atoms with van der Waals surface area (Å²) < 4.78 is 81.4. The summed E-state index contributed by atoms with van der Waals surface area (Å²) in [5.41, 5.74) is 1.80. The third-order valence-electron chi connectivity index (χ3n) is 7.60. The Morgan fingerprint density at radius 1 is 1.17 bits per heavy atom. The van der Waals surface area contributed by atoms with Crippen molar-refractivity contribution in [3.05, 3.63) is 47.2 Å². The number of carbonyl (C=O) groups is 3. The average Bonchev–Trinajstić information content (AvgIpc) is 3.53. The Hall–Kier alpha value is -3.85. The van der Waals surface area contributed by atoms with Gasteiger partial charge in [0.2, 0.25) is 11.7 Å². The van der Waals surface area contributed by atoms with E-state index in [1.807, 2.05) is 0 Å². The Morgan fingerprint density at radius 3 is 2.46 bits per heavy atom. The van der Waals surface area contributed by atoms with E-state index in [4.69, 9.17) is 15.2 Å². The second kappa shape index (κ2) is 11.2. The molecule has 5 atom stereocenters. The van der Waals surface area contributed by atoms with E-state index in [-0.39, 0.29) is 28.7 Å². The quantitative estimate of drug-likeness (QED) is 0.366. The molecule has 0 radical (unpaired) electrons. The highest BCUT2D eigenvalue weighted by molar-refractivity contribution is 5.99. The van der Waals surface area contributed by atoms with Crippen LogP contribution in [0, 0.1) is 23.5 Å². The van der Waals surface area contributed by atoms with Gasteiger partial charge in [-0.15, -0.1) is 0 Å². The number of pyridine rings is 1. The van der Waals surface area contributed by atoms with Crippen molar-refractivity contribution in [3.8, 4) is 5.75 Å². The van der Waals surface area contributed by atoms with Crippen LogP contribution in [-0.4, -0.2) is 60.8 Å². The van der Waals surface area contributed by atoms with Gasteiger partial charge in [-0.1, -0.05) is 13.0 Å². The smallest absolute Gasteiger partial charge is 0.417 e. The molecule has 0 bridgehead atoms. The highest BCUT2D eigenvalue weighted by Gasteiger charge is 2.66. The van der Waals surface area contributed by atoms with E-state index in [2.05, 4.69) is 20.9 Å². The van der Waals surface area contributed by atoms with Gasteiger partial charge in [0.15, 0.2) is 17.2 Å². The minimum absolute atomic E-state index is 0.131. The van der Waals surface area contributed by atoms with Crippen molar-refractivity contribution >= 4 is 29.2 Å². The summed E-state index contributed by atoms with van der Waals surface area (Å²) in [6, 6.07) is 4.02. The molecule has 0 saturated carbocycles. The molecule has 2 aliphatic heterocycles. The molecular formula is C26H28F5N5O5.